The predicted octanol–water partition coefficient (Wildman–Crippen LogP) is 6.08. The maximum Gasteiger partial charge on any atom is 0.105 e. The number of hydrogen-bond acceptors (Lipinski definition) is 0. The van der Waals surface area contributed by atoms with Crippen LogP contribution in [0.1, 0.15) is 63.9 Å². The number of fused-ring (bicyclic) bond motifs is 1. The van der Waals surface area contributed by atoms with Crippen LogP contribution in [-0.4, -0.2) is 12.8 Å². The van der Waals surface area contributed by atoms with E-state index < -0.39 is 7.26 Å². The van der Waals surface area contributed by atoms with Crippen molar-refractivity contribution < 1.29 is 0 Å². The lowest BCUT2D eigenvalue weighted by atomic mass is 10.1. The Kier molecular flexibility index (Phi) is 6.30. The fourth-order valence-corrected chi connectivity index (χ4v) is 6.27. The van der Waals surface area contributed by atoms with Crippen molar-refractivity contribution in [1.29, 1.82) is 0 Å². The summed E-state index contributed by atoms with van der Waals surface area (Å²) in [5, 5.41) is 1.64. The Labute approximate surface area is 126 Å². The molecule has 0 aromatic heterocycles. The first-order valence-electron chi connectivity index (χ1n) is 8.40. The first-order chi connectivity index (χ1) is 9.76. The van der Waals surface area contributed by atoms with Gasteiger partial charge in [0.2, 0.25) is 0 Å². The maximum absolute atomic E-state index is 2.53. The van der Waals surface area contributed by atoms with Gasteiger partial charge < -0.3 is 0 Å². The molecule has 0 fully saturated rings. The van der Waals surface area contributed by atoms with Gasteiger partial charge in [0.1, 0.15) is 5.30 Å². The number of hydrogen-bond donors (Lipinski definition) is 0. The molecule has 110 valence electrons. The van der Waals surface area contributed by atoms with E-state index in [1.807, 2.05) is 0 Å². The predicted molar refractivity (Wildman–Crippen MR) is 95.4 cm³/mol. The summed E-state index contributed by atoms with van der Waals surface area (Å²) in [6, 6.07) is 8.99. The standard InChI is InChI=1S/C19H30P/c1-3-4-5-6-7-8-9-12-16-20(2)17-15-18-13-10-11-14-19(18)20/h10-11,13-15,17H,3-9,12,16H2,1-2H3/q+1. The summed E-state index contributed by atoms with van der Waals surface area (Å²) < 4.78 is 0. The molecule has 1 unspecified atom stereocenters. The maximum atomic E-state index is 2.53. The molecule has 0 spiro atoms. The van der Waals surface area contributed by atoms with E-state index in [1.165, 1.54) is 63.1 Å². The highest BCUT2D eigenvalue weighted by molar-refractivity contribution is 7.85. The second-order valence-corrected chi connectivity index (χ2v) is 10.1. The normalized spacial score (nSPS) is 20.3. The van der Waals surface area contributed by atoms with Gasteiger partial charge in [-0.05, 0) is 25.0 Å². The van der Waals surface area contributed by atoms with Crippen LogP contribution < -0.4 is 5.30 Å². The molecule has 1 aliphatic rings. The Balaban J connectivity index is 1.66. The fraction of sp³-hybridized carbons (Fsp3) is 0.579. The average molecular weight is 289 g/mol. The minimum absolute atomic E-state index is 0.957. The molecular formula is C19H30P+. The Hall–Kier alpha value is -0.610. The lowest BCUT2D eigenvalue weighted by Gasteiger charge is -2.16. The van der Waals surface area contributed by atoms with Crippen LogP contribution in [0.2, 0.25) is 0 Å². The second kappa shape index (κ2) is 7.99. The van der Waals surface area contributed by atoms with Crippen LogP contribution in [-0.2, 0) is 0 Å². The molecule has 0 bridgehead atoms. The molecule has 0 radical (unpaired) electrons. The van der Waals surface area contributed by atoms with Crippen LogP contribution in [0.15, 0.2) is 30.1 Å². The van der Waals surface area contributed by atoms with E-state index in [0.29, 0.717) is 0 Å². The number of benzene rings is 1. The van der Waals surface area contributed by atoms with Gasteiger partial charge in [0.15, 0.2) is 0 Å². The molecule has 0 aliphatic carbocycles. The van der Waals surface area contributed by atoms with Gasteiger partial charge in [-0.3, -0.25) is 0 Å². The van der Waals surface area contributed by atoms with Gasteiger partial charge in [0.05, 0.1) is 25.9 Å². The van der Waals surface area contributed by atoms with Gasteiger partial charge in [-0.25, -0.2) is 0 Å². The van der Waals surface area contributed by atoms with Gasteiger partial charge in [0, 0.05) is 5.56 Å². The largest absolute Gasteiger partial charge is 0.105 e. The van der Waals surface area contributed by atoms with Crippen molar-refractivity contribution in [3.63, 3.8) is 0 Å². The van der Waals surface area contributed by atoms with Crippen molar-refractivity contribution in [3.05, 3.63) is 35.6 Å². The lowest BCUT2D eigenvalue weighted by Crippen LogP contribution is -2.10. The van der Waals surface area contributed by atoms with Crippen molar-refractivity contribution in [3.8, 4) is 0 Å². The summed E-state index contributed by atoms with van der Waals surface area (Å²) in [6.45, 7) is 4.80. The molecule has 1 heteroatoms. The van der Waals surface area contributed by atoms with Crippen LogP contribution in [0.3, 0.4) is 0 Å². The molecule has 1 aromatic rings. The summed E-state index contributed by atoms with van der Waals surface area (Å²) in [6.07, 6.45) is 15.2. The number of rotatable bonds is 9. The molecule has 0 N–H and O–H groups in total. The minimum Gasteiger partial charge on any atom is -0.0654 e. The third-order valence-corrected chi connectivity index (χ3v) is 8.11. The van der Waals surface area contributed by atoms with Gasteiger partial charge in [-0.1, -0.05) is 63.6 Å². The molecule has 1 heterocycles. The van der Waals surface area contributed by atoms with Crippen molar-refractivity contribution in [1.82, 2.24) is 0 Å². The van der Waals surface area contributed by atoms with E-state index >= 15 is 0 Å². The fourth-order valence-electron chi connectivity index (χ4n) is 3.19. The highest BCUT2D eigenvalue weighted by Crippen LogP contribution is 2.60. The van der Waals surface area contributed by atoms with Crippen LogP contribution in [0.4, 0.5) is 0 Å². The Morgan fingerprint density at radius 3 is 2.25 bits per heavy atom. The van der Waals surface area contributed by atoms with E-state index in [-0.39, 0.29) is 0 Å². The van der Waals surface area contributed by atoms with Crippen LogP contribution in [0, 0.1) is 0 Å². The molecule has 1 atom stereocenters. The van der Waals surface area contributed by atoms with Gasteiger partial charge in [0.25, 0.3) is 0 Å². The topological polar surface area (TPSA) is 0 Å². The van der Waals surface area contributed by atoms with Crippen LogP contribution in [0.5, 0.6) is 0 Å². The van der Waals surface area contributed by atoms with E-state index in [2.05, 4.69) is 49.7 Å². The summed E-state index contributed by atoms with van der Waals surface area (Å²) >= 11 is 0. The second-order valence-electron chi connectivity index (χ2n) is 6.34. The monoisotopic (exact) mass is 289 g/mol. The van der Waals surface area contributed by atoms with Crippen molar-refractivity contribution in [2.24, 2.45) is 0 Å². The first kappa shape index (κ1) is 15.8. The van der Waals surface area contributed by atoms with E-state index in [9.17, 15) is 0 Å². The highest BCUT2D eigenvalue weighted by Gasteiger charge is 2.36. The van der Waals surface area contributed by atoms with Gasteiger partial charge in [-0.15, -0.1) is 0 Å². The summed E-state index contributed by atoms with van der Waals surface area (Å²) in [4.78, 5) is 0. The Morgan fingerprint density at radius 1 is 0.850 bits per heavy atom. The molecule has 2 rings (SSSR count). The molecule has 0 nitrogen and oxygen atoms in total. The van der Waals surface area contributed by atoms with Crippen LogP contribution >= 0.6 is 7.26 Å². The smallest absolute Gasteiger partial charge is 0.0654 e. The molecule has 0 saturated heterocycles. The van der Waals surface area contributed by atoms with Crippen molar-refractivity contribution in [2.75, 3.05) is 12.8 Å². The highest BCUT2D eigenvalue weighted by atomic mass is 31.2. The molecule has 1 aromatic carbocycles. The third kappa shape index (κ3) is 4.19. The third-order valence-electron chi connectivity index (χ3n) is 4.55. The first-order valence-corrected chi connectivity index (χ1v) is 10.9. The van der Waals surface area contributed by atoms with Crippen LogP contribution in [0.25, 0.3) is 6.08 Å². The van der Waals surface area contributed by atoms with E-state index in [0.717, 1.165) is 0 Å². The molecular weight excluding hydrogens is 259 g/mol. The van der Waals surface area contributed by atoms with Gasteiger partial charge >= 0.3 is 0 Å². The SMILES string of the molecule is CCCCCCCCCC[P+]1(C)C=Cc2ccccc21. The van der Waals surface area contributed by atoms with Gasteiger partial charge in [-0.2, -0.15) is 0 Å². The van der Waals surface area contributed by atoms with Crippen molar-refractivity contribution in [2.45, 2.75) is 58.3 Å². The molecule has 0 amide bonds. The molecule has 1 aliphatic heterocycles. The zero-order valence-electron chi connectivity index (χ0n) is 13.3. The van der Waals surface area contributed by atoms with E-state index in [1.54, 1.807) is 5.30 Å². The summed E-state index contributed by atoms with van der Waals surface area (Å²) in [7, 11) is -0.957. The quantitative estimate of drug-likeness (QED) is 0.381. The average Bonchev–Trinajstić information content (AvgIpc) is 2.80. The van der Waals surface area contributed by atoms with E-state index in [4.69, 9.17) is 0 Å². The Bertz CT molecular complexity index is 435. The molecule has 0 saturated carbocycles. The lowest BCUT2D eigenvalue weighted by molar-refractivity contribution is 0.586. The minimum atomic E-state index is -0.957. The zero-order valence-corrected chi connectivity index (χ0v) is 14.2. The summed E-state index contributed by atoms with van der Waals surface area (Å²) in [5.41, 5.74) is 1.47. The van der Waals surface area contributed by atoms with Crippen molar-refractivity contribution >= 4 is 18.6 Å². The Morgan fingerprint density at radius 2 is 1.50 bits per heavy atom. The number of unbranched alkanes of at least 4 members (excludes halogenated alkanes) is 7. The zero-order chi connectivity index (χ0) is 14.3. The summed E-state index contributed by atoms with van der Waals surface area (Å²) in [5.74, 6) is 2.53. The molecule has 20 heavy (non-hydrogen) atoms.